The number of hydrazone groups is 1. The van der Waals surface area contributed by atoms with E-state index in [0.29, 0.717) is 0 Å². The van der Waals surface area contributed by atoms with E-state index in [1.165, 1.54) is 11.8 Å². The number of nitrogens with zero attached hydrogens (tertiary/aromatic N) is 2. The average molecular weight is 323 g/mol. The second-order valence-electron chi connectivity index (χ2n) is 5.96. The molecular weight excluding hydrogens is 306 g/mol. The van der Waals surface area contributed by atoms with Gasteiger partial charge in [0, 0.05) is 17.2 Å². The molecule has 2 aliphatic heterocycles. The lowest BCUT2D eigenvalue weighted by Gasteiger charge is -2.25. The van der Waals surface area contributed by atoms with E-state index in [0.717, 1.165) is 21.9 Å². The number of nitrogens with one attached hydrogen (secondary N) is 1. The monoisotopic (exact) mass is 323 g/mol. The predicted molar refractivity (Wildman–Crippen MR) is 94.4 cm³/mol. The number of fused-ring (bicyclic) bond motifs is 2. The fraction of sp³-hybridized carbons (Fsp3) is 0.222. The Balaban J connectivity index is 1.77. The molecule has 2 heterocycles. The summed E-state index contributed by atoms with van der Waals surface area (Å²) in [6, 6.07) is 18.0. The number of para-hydroxylation sites is 1. The zero-order valence-corrected chi connectivity index (χ0v) is 13.8. The number of carbonyl (C=O) groups is 1. The van der Waals surface area contributed by atoms with Gasteiger partial charge >= 0.3 is 0 Å². The van der Waals surface area contributed by atoms with Crippen LogP contribution in [0.4, 0.5) is 5.69 Å². The van der Waals surface area contributed by atoms with Crippen LogP contribution in [0.5, 0.6) is 0 Å². The zero-order chi connectivity index (χ0) is 16.0. The molecule has 0 bridgehead atoms. The van der Waals surface area contributed by atoms with Gasteiger partial charge in [-0.15, -0.1) is 0 Å². The Morgan fingerprint density at radius 2 is 1.78 bits per heavy atom. The van der Waals surface area contributed by atoms with Crippen molar-refractivity contribution in [1.82, 2.24) is 5.43 Å². The molecule has 0 fully saturated rings. The highest BCUT2D eigenvalue weighted by molar-refractivity contribution is 8.16. The molecule has 1 unspecified atom stereocenters. The molecule has 2 aliphatic rings. The van der Waals surface area contributed by atoms with E-state index < -0.39 is 4.87 Å². The average Bonchev–Trinajstić information content (AvgIpc) is 3.11. The van der Waals surface area contributed by atoms with E-state index in [1.807, 2.05) is 73.3 Å². The second kappa shape index (κ2) is 5.13. The quantitative estimate of drug-likeness (QED) is 0.922. The SMILES string of the molecule is CC(C)N1C(=O)C2(NN=C(c3ccccc3)S2)c2ccccc21. The van der Waals surface area contributed by atoms with Crippen molar-refractivity contribution in [3.63, 3.8) is 0 Å². The van der Waals surface area contributed by atoms with Crippen LogP contribution in [-0.4, -0.2) is 17.0 Å². The van der Waals surface area contributed by atoms with Gasteiger partial charge < -0.3 is 4.90 Å². The van der Waals surface area contributed by atoms with Crippen molar-refractivity contribution in [1.29, 1.82) is 0 Å². The van der Waals surface area contributed by atoms with Crippen LogP contribution in [-0.2, 0) is 9.67 Å². The van der Waals surface area contributed by atoms with Crippen molar-refractivity contribution < 1.29 is 4.79 Å². The van der Waals surface area contributed by atoms with Gasteiger partial charge in [0.1, 0.15) is 5.04 Å². The summed E-state index contributed by atoms with van der Waals surface area (Å²) in [5.74, 6) is 0.0494. The van der Waals surface area contributed by atoms with Crippen molar-refractivity contribution in [2.24, 2.45) is 5.10 Å². The van der Waals surface area contributed by atoms with Gasteiger partial charge in [-0.25, -0.2) is 0 Å². The van der Waals surface area contributed by atoms with Gasteiger partial charge in [-0.2, -0.15) is 5.10 Å². The number of benzene rings is 2. The number of thioether (sulfide) groups is 1. The third kappa shape index (κ3) is 2.00. The number of carbonyl (C=O) groups excluding carboxylic acids is 1. The molecular formula is C18H17N3OS. The maximum absolute atomic E-state index is 13.2. The summed E-state index contributed by atoms with van der Waals surface area (Å²) in [5, 5.41) is 5.31. The summed E-state index contributed by atoms with van der Waals surface area (Å²) in [7, 11) is 0. The van der Waals surface area contributed by atoms with Gasteiger partial charge in [-0.3, -0.25) is 10.2 Å². The van der Waals surface area contributed by atoms with Crippen LogP contribution in [0.25, 0.3) is 0 Å². The summed E-state index contributed by atoms with van der Waals surface area (Å²) >= 11 is 1.49. The lowest BCUT2D eigenvalue weighted by Crippen LogP contribution is -2.46. The smallest absolute Gasteiger partial charge is 0.270 e. The summed E-state index contributed by atoms with van der Waals surface area (Å²) in [5.41, 5.74) is 6.11. The standard InChI is InChI=1S/C18H17N3OS/c1-12(2)21-15-11-7-6-10-14(15)18(17(21)22)20-19-16(23-18)13-8-4-3-5-9-13/h3-12,20H,1-2H3. The Morgan fingerprint density at radius 3 is 2.52 bits per heavy atom. The first-order valence-electron chi connectivity index (χ1n) is 7.66. The highest BCUT2D eigenvalue weighted by Crippen LogP contribution is 2.51. The number of anilines is 1. The van der Waals surface area contributed by atoms with Crippen LogP contribution >= 0.6 is 11.8 Å². The van der Waals surface area contributed by atoms with Gasteiger partial charge in [-0.1, -0.05) is 60.3 Å². The highest BCUT2D eigenvalue weighted by atomic mass is 32.2. The van der Waals surface area contributed by atoms with Crippen LogP contribution in [0.3, 0.4) is 0 Å². The van der Waals surface area contributed by atoms with Gasteiger partial charge in [0.2, 0.25) is 4.87 Å². The van der Waals surface area contributed by atoms with Crippen LogP contribution in [0.1, 0.15) is 25.0 Å². The third-order valence-electron chi connectivity index (χ3n) is 4.16. The molecule has 2 aromatic rings. The van der Waals surface area contributed by atoms with Crippen LogP contribution in [0.15, 0.2) is 59.7 Å². The topological polar surface area (TPSA) is 44.7 Å². The fourth-order valence-electron chi connectivity index (χ4n) is 3.12. The molecule has 116 valence electrons. The lowest BCUT2D eigenvalue weighted by atomic mass is 10.1. The van der Waals surface area contributed by atoms with Gasteiger partial charge in [0.15, 0.2) is 0 Å². The first kappa shape index (κ1) is 14.3. The zero-order valence-electron chi connectivity index (χ0n) is 13.0. The molecule has 23 heavy (non-hydrogen) atoms. The summed E-state index contributed by atoms with van der Waals surface area (Å²) in [6.45, 7) is 4.07. The normalized spacial score (nSPS) is 22.5. The first-order valence-corrected chi connectivity index (χ1v) is 8.47. The molecule has 1 atom stereocenters. The minimum atomic E-state index is -0.841. The molecule has 4 nitrogen and oxygen atoms in total. The minimum absolute atomic E-state index is 0.0494. The number of rotatable bonds is 2. The maximum Gasteiger partial charge on any atom is 0.270 e. The molecule has 1 spiro atoms. The Morgan fingerprint density at radius 1 is 1.09 bits per heavy atom. The van der Waals surface area contributed by atoms with E-state index in [1.54, 1.807) is 0 Å². The molecule has 0 aliphatic carbocycles. The highest BCUT2D eigenvalue weighted by Gasteiger charge is 2.55. The molecule has 5 heteroatoms. The van der Waals surface area contributed by atoms with Crippen molar-refractivity contribution in [2.75, 3.05) is 4.90 Å². The second-order valence-corrected chi connectivity index (χ2v) is 7.17. The van der Waals surface area contributed by atoms with Crippen LogP contribution in [0, 0.1) is 0 Å². The van der Waals surface area contributed by atoms with Crippen molar-refractivity contribution in [3.05, 3.63) is 65.7 Å². The third-order valence-corrected chi connectivity index (χ3v) is 5.48. The number of hydrogen-bond donors (Lipinski definition) is 1. The molecule has 4 rings (SSSR count). The summed E-state index contributed by atoms with van der Waals surface area (Å²) < 4.78 is 0. The van der Waals surface area contributed by atoms with Crippen molar-refractivity contribution >= 4 is 28.4 Å². The molecule has 2 aromatic carbocycles. The van der Waals surface area contributed by atoms with Gasteiger partial charge in [-0.05, 0) is 19.9 Å². The molecule has 1 amide bonds. The summed E-state index contributed by atoms with van der Waals surface area (Å²) in [4.78, 5) is 14.2. The van der Waals surface area contributed by atoms with Gasteiger partial charge in [0.25, 0.3) is 5.91 Å². The fourth-order valence-corrected chi connectivity index (χ4v) is 4.31. The molecule has 0 aromatic heterocycles. The molecule has 0 saturated carbocycles. The summed E-state index contributed by atoms with van der Waals surface area (Å²) in [6.07, 6.45) is 0. The van der Waals surface area contributed by atoms with Crippen molar-refractivity contribution in [2.45, 2.75) is 24.8 Å². The van der Waals surface area contributed by atoms with Crippen LogP contribution in [0.2, 0.25) is 0 Å². The van der Waals surface area contributed by atoms with Crippen molar-refractivity contribution in [3.8, 4) is 0 Å². The van der Waals surface area contributed by atoms with E-state index in [2.05, 4.69) is 10.5 Å². The Hall–Kier alpha value is -2.27. The Labute approximate surface area is 139 Å². The number of amides is 1. The van der Waals surface area contributed by atoms with E-state index >= 15 is 0 Å². The molecule has 1 N–H and O–H groups in total. The molecule has 0 saturated heterocycles. The van der Waals surface area contributed by atoms with Gasteiger partial charge in [0.05, 0.1) is 5.69 Å². The largest absolute Gasteiger partial charge is 0.306 e. The van der Waals surface area contributed by atoms with E-state index in [-0.39, 0.29) is 11.9 Å². The first-order chi connectivity index (χ1) is 11.1. The minimum Gasteiger partial charge on any atom is -0.306 e. The lowest BCUT2D eigenvalue weighted by molar-refractivity contribution is -0.121. The maximum atomic E-state index is 13.2. The molecule has 0 radical (unpaired) electrons. The predicted octanol–water partition coefficient (Wildman–Crippen LogP) is 3.29. The Bertz CT molecular complexity index is 803. The Kier molecular flexibility index (Phi) is 3.20. The number of hydrogen-bond acceptors (Lipinski definition) is 4. The van der Waals surface area contributed by atoms with E-state index in [4.69, 9.17) is 0 Å². The van der Waals surface area contributed by atoms with Crippen LogP contribution < -0.4 is 10.3 Å². The van der Waals surface area contributed by atoms with E-state index in [9.17, 15) is 4.79 Å².